The Morgan fingerprint density at radius 3 is 2.55 bits per heavy atom. The fourth-order valence-corrected chi connectivity index (χ4v) is 4.81. The van der Waals surface area contributed by atoms with Crippen molar-refractivity contribution in [3.05, 3.63) is 83.3 Å². The maximum Gasteiger partial charge on any atom is 0.219 e. The summed E-state index contributed by atoms with van der Waals surface area (Å²) >= 11 is 1.77. The van der Waals surface area contributed by atoms with Crippen LogP contribution in [0.25, 0.3) is 32.5 Å². The SMILES string of the molecule is Cc1nc(NC(C)c2cccc(-c3cnc(N)nc3)c2)cc(-c2ccc3scc(C)c3c2)n1. The van der Waals surface area contributed by atoms with Crippen molar-refractivity contribution < 1.29 is 0 Å². The van der Waals surface area contributed by atoms with Crippen LogP contribution in [-0.2, 0) is 0 Å². The molecule has 6 nitrogen and oxygen atoms in total. The molecule has 0 fully saturated rings. The van der Waals surface area contributed by atoms with Gasteiger partial charge in [0.1, 0.15) is 11.6 Å². The van der Waals surface area contributed by atoms with Gasteiger partial charge in [-0.25, -0.2) is 19.9 Å². The Kier molecular flexibility index (Phi) is 5.48. The predicted octanol–water partition coefficient (Wildman–Crippen LogP) is 6.19. The van der Waals surface area contributed by atoms with Crippen molar-refractivity contribution in [3.8, 4) is 22.4 Å². The molecule has 1 atom stereocenters. The Balaban J connectivity index is 1.42. The first-order valence-corrected chi connectivity index (χ1v) is 11.6. The van der Waals surface area contributed by atoms with Crippen LogP contribution in [-0.4, -0.2) is 19.9 Å². The van der Waals surface area contributed by atoms with E-state index < -0.39 is 0 Å². The van der Waals surface area contributed by atoms with E-state index in [4.69, 9.17) is 10.7 Å². The molecule has 0 aliphatic carbocycles. The van der Waals surface area contributed by atoms with E-state index in [2.05, 4.69) is 69.8 Å². The third kappa shape index (κ3) is 4.40. The molecule has 0 aliphatic rings. The molecule has 3 heterocycles. The topological polar surface area (TPSA) is 89.6 Å². The minimum atomic E-state index is 0.0448. The monoisotopic (exact) mass is 452 g/mol. The van der Waals surface area contributed by atoms with E-state index >= 15 is 0 Å². The van der Waals surface area contributed by atoms with Crippen LogP contribution >= 0.6 is 11.3 Å². The Hall–Kier alpha value is -3.84. The Labute approximate surface area is 196 Å². The van der Waals surface area contributed by atoms with E-state index in [9.17, 15) is 0 Å². The summed E-state index contributed by atoms with van der Waals surface area (Å²) in [5.41, 5.74) is 12.0. The summed E-state index contributed by atoms with van der Waals surface area (Å²) < 4.78 is 1.29. The van der Waals surface area contributed by atoms with Gasteiger partial charge in [-0.15, -0.1) is 11.3 Å². The number of aromatic nitrogens is 4. The molecular weight excluding hydrogens is 428 g/mol. The fourth-order valence-electron chi connectivity index (χ4n) is 3.88. The molecule has 0 saturated heterocycles. The van der Waals surface area contributed by atoms with E-state index in [1.165, 1.54) is 15.6 Å². The first kappa shape index (κ1) is 21.0. The highest BCUT2D eigenvalue weighted by Gasteiger charge is 2.12. The minimum absolute atomic E-state index is 0.0448. The van der Waals surface area contributed by atoms with Gasteiger partial charge in [-0.05, 0) is 66.4 Å². The molecular formula is C26H24N6S. The largest absolute Gasteiger partial charge is 0.368 e. The Morgan fingerprint density at radius 2 is 1.73 bits per heavy atom. The van der Waals surface area contributed by atoms with Crippen molar-refractivity contribution in [2.45, 2.75) is 26.8 Å². The standard InChI is InChI=1S/C26H24N6S/c1-15-14-33-24-8-7-20(10-22(15)24)23-11-25(32-17(3)31-23)30-16(2)18-5-4-6-19(9-18)21-12-28-26(27)29-13-21/h4-14,16H,1-3H3,(H2,27,28,29)(H,30,31,32). The van der Waals surface area contributed by atoms with Crippen LogP contribution in [0.3, 0.4) is 0 Å². The second-order valence-electron chi connectivity index (χ2n) is 8.14. The predicted molar refractivity (Wildman–Crippen MR) is 136 cm³/mol. The molecule has 7 heteroatoms. The zero-order valence-corrected chi connectivity index (χ0v) is 19.5. The normalized spacial score (nSPS) is 12.1. The van der Waals surface area contributed by atoms with Crippen LogP contribution in [0.4, 0.5) is 11.8 Å². The number of thiophene rings is 1. The molecule has 33 heavy (non-hydrogen) atoms. The van der Waals surface area contributed by atoms with E-state index in [1.807, 2.05) is 25.1 Å². The lowest BCUT2D eigenvalue weighted by Gasteiger charge is -2.17. The molecule has 1 unspecified atom stereocenters. The molecule has 2 aromatic carbocycles. The highest BCUT2D eigenvalue weighted by molar-refractivity contribution is 7.17. The number of nitrogens with zero attached hydrogens (tertiary/aromatic N) is 4. The lowest BCUT2D eigenvalue weighted by atomic mass is 10.0. The van der Waals surface area contributed by atoms with Crippen LogP contribution in [0.5, 0.6) is 0 Å². The number of nitrogen functional groups attached to an aromatic ring is 1. The van der Waals surface area contributed by atoms with E-state index in [-0.39, 0.29) is 12.0 Å². The third-order valence-electron chi connectivity index (χ3n) is 5.66. The second kappa shape index (κ2) is 8.60. The summed E-state index contributed by atoms with van der Waals surface area (Å²) in [6, 6.07) is 16.9. The van der Waals surface area contributed by atoms with E-state index in [1.54, 1.807) is 23.7 Å². The minimum Gasteiger partial charge on any atom is -0.368 e. The van der Waals surface area contributed by atoms with Gasteiger partial charge in [0.15, 0.2) is 0 Å². The quantitative estimate of drug-likeness (QED) is 0.331. The third-order valence-corrected chi connectivity index (χ3v) is 6.74. The number of benzene rings is 2. The second-order valence-corrected chi connectivity index (χ2v) is 9.05. The van der Waals surface area contributed by atoms with Crippen LogP contribution < -0.4 is 11.1 Å². The van der Waals surface area contributed by atoms with Gasteiger partial charge in [0.25, 0.3) is 0 Å². The molecule has 3 N–H and O–H groups in total. The number of hydrogen-bond donors (Lipinski definition) is 2. The maximum absolute atomic E-state index is 5.62. The summed E-state index contributed by atoms with van der Waals surface area (Å²) in [7, 11) is 0. The number of anilines is 2. The molecule has 0 radical (unpaired) electrons. The van der Waals surface area contributed by atoms with Gasteiger partial charge in [0.2, 0.25) is 5.95 Å². The molecule has 0 bridgehead atoms. The molecule has 5 aromatic rings. The molecule has 0 aliphatic heterocycles. The number of fused-ring (bicyclic) bond motifs is 1. The molecule has 0 amide bonds. The fraction of sp³-hybridized carbons (Fsp3) is 0.154. The lowest BCUT2D eigenvalue weighted by Crippen LogP contribution is -2.09. The summed E-state index contributed by atoms with van der Waals surface area (Å²) in [6.07, 6.45) is 3.48. The summed E-state index contributed by atoms with van der Waals surface area (Å²) in [6.45, 7) is 6.19. The van der Waals surface area contributed by atoms with E-state index in [0.717, 1.165) is 39.6 Å². The van der Waals surface area contributed by atoms with Gasteiger partial charge in [-0.2, -0.15) is 0 Å². The number of hydrogen-bond acceptors (Lipinski definition) is 7. The summed E-state index contributed by atoms with van der Waals surface area (Å²) in [4.78, 5) is 17.5. The van der Waals surface area contributed by atoms with Gasteiger partial charge in [-0.3, -0.25) is 0 Å². The number of nitrogens with one attached hydrogen (secondary N) is 1. The van der Waals surface area contributed by atoms with Crippen LogP contribution in [0, 0.1) is 13.8 Å². The first-order chi connectivity index (χ1) is 16.0. The van der Waals surface area contributed by atoms with Crippen molar-refractivity contribution in [2.75, 3.05) is 11.1 Å². The average molecular weight is 453 g/mol. The van der Waals surface area contributed by atoms with Crippen LogP contribution in [0.2, 0.25) is 0 Å². The van der Waals surface area contributed by atoms with E-state index in [0.29, 0.717) is 0 Å². The van der Waals surface area contributed by atoms with Gasteiger partial charge < -0.3 is 11.1 Å². The van der Waals surface area contributed by atoms with Crippen LogP contribution in [0.15, 0.2) is 66.3 Å². The number of nitrogens with two attached hydrogens (primary N) is 1. The molecule has 0 spiro atoms. The van der Waals surface area contributed by atoms with Crippen molar-refractivity contribution >= 4 is 33.2 Å². The molecule has 164 valence electrons. The number of aryl methyl sites for hydroxylation is 2. The van der Waals surface area contributed by atoms with Crippen molar-refractivity contribution in [3.63, 3.8) is 0 Å². The van der Waals surface area contributed by atoms with Crippen molar-refractivity contribution in [1.82, 2.24) is 19.9 Å². The molecule has 0 saturated carbocycles. The van der Waals surface area contributed by atoms with Crippen molar-refractivity contribution in [2.24, 2.45) is 0 Å². The summed E-state index contributed by atoms with van der Waals surface area (Å²) in [5.74, 6) is 1.80. The van der Waals surface area contributed by atoms with Gasteiger partial charge >= 0.3 is 0 Å². The lowest BCUT2D eigenvalue weighted by molar-refractivity contribution is 0.868. The highest BCUT2D eigenvalue weighted by atomic mass is 32.1. The van der Waals surface area contributed by atoms with Crippen LogP contribution in [0.1, 0.15) is 29.9 Å². The smallest absolute Gasteiger partial charge is 0.219 e. The van der Waals surface area contributed by atoms with Gasteiger partial charge in [0.05, 0.1) is 5.69 Å². The van der Waals surface area contributed by atoms with Gasteiger partial charge in [-0.1, -0.05) is 24.3 Å². The van der Waals surface area contributed by atoms with Crippen molar-refractivity contribution in [1.29, 1.82) is 0 Å². The summed E-state index contributed by atoms with van der Waals surface area (Å²) in [5, 5.41) is 7.01. The molecule has 5 rings (SSSR count). The highest BCUT2D eigenvalue weighted by Crippen LogP contribution is 2.31. The Bertz CT molecular complexity index is 1440. The average Bonchev–Trinajstić information content (AvgIpc) is 3.19. The molecule has 3 aromatic heterocycles. The Morgan fingerprint density at radius 1 is 0.909 bits per heavy atom. The first-order valence-electron chi connectivity index (χ1n) is 10.7. The zero-order valence-electron chi connectivity index (χ0n) is 18.7. The number of rotatable bonds is 5. The zero-order chi connectivity index (χ0) is 22.9. The maximum atomic E-state index is 5.62. The van der Waals surface area contributed by atoms with Gasteiger partial charge in [0, 0.05) is 40.3 Å².